The fourth-order valence-electron chi connectivity index (χ4n) is 12.6. The molecule has 6 aliphatic rings. The van der Waals surface area contributed by atoms with Crippen molar-refractivity contribution in [3.63, 3.8) is 0 Å². The Morgan fingerprint density at radius 1 is 0.588 bits per heavy atom. The molecule has 0 bridgehead atoms. The quantitative estimate of drug-likeness (QED) is 0.114. The van der Waals surface area contributed by atoms with Gasteiger partial charge in [-0.3, -0.25) is 9.59 Å². The molecule has 2 aromatic carbocycles. The average Bonchev–Trinajstić information content (AvgIpc) is 3.74. The van der Waals surface area contributed by atoms with Crippen LogP contribution >= 0.6 is 0 Å². The summed E-state index contributed by atoms with van der Waals surface area (Å²) in [5, 5.41) is 5.82. The summed E-state index contributed by atoms with van der Waals surface area (Å²) < 4.78 is 22.0. The van der Waals surface area contributed by atoms with E-state index in [0.29, 0.717) is 25.7 Å². The topological polar surface area (TPSA) is 193 Å². The van der Waals surface area contributed by atoms with Gasteiger partial charge in [-0.2, -0.15) is 0 Å². The number of benzene rings is 2. The molecule has 2 aromatic heterocycles. The smallest absolute Gasteiger partial charge is 0.407 e. The van der Waals surface area contributed by atoms with Gasteiger partial charge in [-0.15, -0.1) is 0 Å². The van der Waals surface area contributed by atoms with Gasteiger partial charge in [0.1, 0.15) is 23.7 Å². The van der Waals surface area contributed by atoms with Gasteiger partial charge in [-0.05, 0) is 124 Å². The number of amides is 4. The summed E-state index contributed by atoms with van der Waals surface area (Å²) in [7, 11) is 2.65. The number of carbonyl (C=O) groups excluding carboxylic acids is 4. The molecule has 0 radical (unpaired) electrons. The third-order valence-corrected chi connectivity index (χ3v) is 16.2. The molecule has 16 heteroatoms. The van der Waals surface area contributed by atoms with E-state index in [0.717, 1.165) is 71.0 Å². The standard InChI is InChI=1S/C52H66N8O8/c1-27-17-35(18-28(2)67-27)43(57-49(63)65-7)47(61)59-39(21-51(5)23-41(51)59)45-53-25-37(55-45)33-13-9-31(10-14-33)32-11-15-34(16-12-32)38-26-54-46(56-38)40-22-52(6)24-42(52)60(40)48(62)44(58-50(64)66-8)36-19-29(3)68-30(4)20-36/h9-16,25-30,35-36,39-44H,17-24H2,1-8H3,(H,53,55)(H,54,56)(H,57,63)(H,58,64)/t27-,28-,29-,30-,39+,40+,41-,42-,43+,44+,51?,52?/m1/s1. The zero-order valence-corrected chi connectivity index (χ0v) is 40.4. The number of carbonyl (C=O) groups is 4. The van der Waals surface area contributed by atoms with Crippen LogP contribution in [-0.2, 0) is 28.5 Å². The van der Waals surface area contributed by atoms with E-state index in [4.69, 9.17) is 28.9 Å². The second kappa shape index (κ2) is 17.7. The molecular weight excluding hydrogens is 865 g/mol. The lowest BCUT2D eigenvalue weighted by Crippen LogP contribution is -2.55. The molecule has 68 heavy (non-hydrogen) atoms. The van der Waals surface area contributed by atoms with Crippen molar-refractivity contribution < 1.29 is 38.1 Å². The van der Waals surface area contributed by atoms with Crippen LogP contribution in [0.4, 0.5) is 9.59 Å². The normalized spacial score (nSPS) is 33.5. The summed E-state index contributed by atoms with van der Waals surface area (Å²) in [6.07, 6.45) is 8.50. The Hall–Kier alpha value is -5.74. The molecule has 4 aliphatic heterocycles. The van der Waals surface area contributed by atoms with Gasteiger partial charge in [0.15, 0.2) is 0 Å². The van der Waals surface area contributed by atoms with Crippen molar-refractivity contribution >= 4 is 24.0 Å². The molecule has 2 unspecified atom stereocenters. The van der Waals surface area contributed by atoms with Crippen LogP contribution in [0.3, 0.4) is 0 Å². The maximum atomic E-state index is 14.6. The summed E-state index contributed by atoms with van der Waals surface area (Å²) in [6, 6.07) is 14.9. The molecule has 10 rings (SSSR count). The Balaban J connectivity index is 0.821. The molecule has 4 N–H and O–H groups in total. The molecule has 2 saturated carbocycles. The number of nitrogens with one attached hydrogen (secondary N) is 4. The summed E-state index contributed by atoms with van der Waals surface area (Å²) in [4.78, 5) is 75.2. The van der Waals surface area contributed by atoms with Crippen LogP contribution in [-0.4, -0.2) is 117 Å². The molecule has 12 atom stereocenters. The minimum Gasteiger partial charge on any atom is -0.453 e. The number of piperidine rings is 2. The first kappa shape index (κ1) is 46.0. The average molecular weight is 931 g/mol. The number of imidazole rings is 2. The number of hydrogen-bond donors (Lipinski definition) is 4. The second-order valence-electron chi connectivity index (χ2n) is 21.4. The molecule has 2 aliphatic carbocycles. The SMILES string of the molecule is COC(=O)N[C@H](C(=O)N1[C@H](c2ncc(-c3ccc(-c4ccc(-c5cnc([C@@H]6CC7(C)C[C@H]7N6C(=O)[C@@H](NC(=O)OC)C6C[C@@H](C)O[C@H](C)C6)[nH]5)cc4)cc3)[nH]2)CC2(C)C[C@@H]12)C1C[C@@H](C)O[C@H](C)C1. The zero-order valence-electron chi connectivity index (χ0n) is 40.4. The van der Waals surface area contributed by atoms with Crippen LogP contribution < -0.4 is 10.6 Å². The maximum Gasteiger partial charge on any atom is 0.407 e. The molecule has 16 nitrogen and oxygen atoms in total. The lowest BCUT2D eigenvalue weighted by molar-refractivity contribution is -0.140. The van der Waals surface area contributed by atoms with Crippen LogP contribution in [0.1, 0.15) is 117 Å². The Labute approximate surface area is 398 Å². The summed E-state index contributed by atoms with van der Waals surface area (Å²) in [5.41, 5.74) is 5.81. The van der Waals surface area contributed by atoms with E-state index >= 15 is 0 Å². The highest BCUT2D eigenvalue weighted by molar-refractivity contribution is 5.88. The van der Waals surface area contributed by atoms with Gasteiger partial charge >= 0.3 is 12.2 Å². The van der Waals surface area contributed by atoms with Gasteiger partial charge in [0, 0.05) is 12.1 Å². The van der Waals surface area contributed by atoms with Gasteiger partial charge in [-0.25, -0.2) is 19.6 Å². The summed E-state index contributed by atoms with van der Waals surface area (Å²) >= 11 is 0. The molecule has 4 aromatic rings. The van der Waals surface area contributed by atoms with Crippen LogP contribution in [0, 0.1) is 22.7 Å². The van der Waals surface area contributed by atoms with Crippen molar-refractivity contribution in [3.05, 3.63) is 72.6 Å². The summed E-state index contributed by atoms with van der Waals surface area (Å²) in [6.45, 7) is 12.5. The van der Waals surface area contributed by atoms with Crippen molar-refractivity contribution in [1.82, 2.24) is 40.4 Å². The molecule has 0 spiro atoms. The molecule has 362 valence electrons. The van der Waals surface area contributed by atoms with Crippen LogP contribution in [0.5, 0.6) is 0 Å². The van der Waals surface area contributed by atoms with Crippen LogP contribution in [0.15, 0.2) is 60.9 Å². The van der Waals surface area contributed by atoms with Crippen molar-refractivity contribution in [2.45, 2.75) is 154 Å². The zero-order chi connectivity index (χ0) is 47.8. The van der Waals surface area contributed by atoms with Gasteiger partial charge < -0.3 is 49.3 Å². The monoisotopic (exact) mass is 931 g/mol. The minimum atomic E-state index is -0.725. The van der Waals surface area contributed by atoms with Crippen molar-refractivity contribution in [2.24, 2.45) is 22.7 Å². The van der Waals surface area contributed by atoms with E-state index in [-0.39, 0.29) is 83.1 Å². The fourth-order valence-corrected chi connectivity index (χ4v) is 12.6. The fraction of sp³-hybridized carbons (Fsp3) is 0.577. The lowest BCUT2D eigenvalue weighted by Gasteiger charge is -2.38. The highest BCUT2D eigenvalue weighted by Crippen LogP contribution is 2.64. The highest BCUT2D eigenvalue weighted by atomic mass is 16.5. The highest BCUT2D eigenvalue weighted by Gasteiger charge is 2.66. The predicted molar refractivity (Wildman–Crippen MR) is 253 cm³/mol. The Bertz CT molecular complexity index is 2350. The van der Waals surface area contributed by atoms with Crippen molar-refractivity contribution in [3.8, 4) is 33.6 Å². The number of hydrogen-bond acceptors (Lipinski definition) is 10. The van der Waals surface area contributed by atoms with E-state index < -0.39 is 24.3 Å². The Morgan fingerprint density at radius 3 is 1.26 bits per heavy atom. The number of rotatable bonds is 11. The van der Waals surface area contributed by atoms with Gasteiger partial charge in [-0.1, -0.05) is 62.4 Å². The minimum absolute atomic E-state index is 0.00506. The molecule has 4 saturated heterocycles. The number of methoxy groups -OCH3 is 2. The number of ether oxygens (including phenoxy) is 4. The molecule has 4 amide bonds. The molecule has 6 heterocycles. The van der Waals surface area contributed by atoms with Crippen molar-refractivity contribution in [2.75, 3.05) is 14.2 Å². The summed E-state index contributed by atoms with van der Waals surface area (Å²) in [5.74, 6) is 1.14. The second-order valence-corrected chi connectivity index (χ2v) is 21.4. The third kappa shape index (κ3) is 8.67. The number of alkyl carbamates (subject to hydrolysis) is 2. The first-order valence-corrected chi connectivity index (χ1v) is 24.5. The van der Waals surface area contributed by atoms with E-state index in [1.165, 1.54) is 14.2 Å². The number of H-pyrrole nitrogens is 2. The van der Waals surface area contributed by atoms with E-state index in [1.807, 2.05) is 49.9 Å². The first-order chi connectivity index (χ1) is 32.5. The predicted octanol–water partition coefficient (Wildman–Crippen LogP) is 8.09. The van der Waals surface area contributed by atoms with Crippen LogP contribution in [0.25, 0.3) is 33.6 Å². The van der Waals surface area contributed by atoms with Gasteiger partial charge in [0.2, 0.25) is 11.8 Å². The molecule has 6 fully saturated rings. The maximum absolute atomic E-state index is 14.6. The van der Waals surface area contributed by atoms with Gasteiger partial charge in [0.05, 0.1) is 74.5 Å². The number of aromatic nitrogens is 4. The Kier molecular flexibility index (Phi) is 11.9. The van der Waals surface area contributed by atoms with E-state index in [1.54, 1.807) is 0 Å². The van der Waals surface area contributed by atoms with E-state index in [9.17, 15) is 19.2 Å². The largest absolute Gasteiger partial charge is 0.453 e. The van der Waals surface area contributed by atoms with Crippen LogP contribution in [0.2, 0.25) is 0 Å². The number of aromatic amines is 2. The van der Waals surface area contributed by atoms with Crippen molar-refractivity contribution in [1.29, 1.82) is 0 Å². The molecular formula is C52H66N8O8. The first-order valence-electron chi connectivity index (χ1n) is 24.5. The number of likely N-dealkylation sites (tertiary alicyclic amines) is 2. The Morgan fingerprint density at radius 2 is 0.926 bits per heavy atom. The van der Waals surface area contributed by atoms with Gasteiger partial charge in [0.25, 0.3) is 0 Å². The number of nitrogens with zero attached hydrogens (tertiary/aromatic N) is 4. The lowest BCUT2D eigenvalue weighted by atomic mass is 9.85. The van der Waals surface area contributed by atoms with E-state index in [2.05, 4.69) is 83.0 Å². The number of fused-ring (bicyclic) bond motifs is 2. The third-order valence-electron chi connectivity index (χ3n) is 16.2.